The van der Waals surface area contributed by atoms with E-state index < -0.39 is 0 Å². The summed E-state index contributed by atoms with van der Waals surface area (Å²) >= 11 is 0. The summed E-state index contributed by atoms with van der Waals surface area (Å²) < 4.78 is 0. The highest BCUT2D eigenvalue weighted by molar-refractivity contribution is 5.85. The van der Waals surface area contributed by atoms with Gasteiger partial charge < -0.3 is 10.6 Å². The highest BCUT2D eigenvalue weighted by Gasteiger charge is 2.13. The van der Waals surface area contributed by atoms with E-state index in [-0.39, 0.29) is 24.8 Å². The van der Waals surface area contributed by atoms with Crippen LogP contribution in [-0.2, 0) is 0 Å². The van der Waals surface area contributed by atoms with Crippen molar-refractivity contribution in [2.24, 2.45) is 0 Å². The molecule has 0 saturated carbocycles. The Hall–Kier alpha value is -0.790. The van der Waals surface area contributed by atoms with Crippen molar-refractivity contribution < 1.29 is 0 Å². The first kappa shape index (κ1) is 15.2. The van der Waals surface area contributed by atoms with E-state index in [1.54, 1.807) is 0 Å². The van der Waals surface area contributed by atoms with Gasteiger partial charge in [-0.15, -0.1) is 24.8 Å². The quantitative estimate of drug-likeness (QED) is 0.807. The molecule has 1 atom stereocenters. The summed E-state index contributed by atoms with van der Waals surface area (Å²) in [5.41, 5.74) is 1.97. The lowest BCUT2D eigenvalue weighted by Crippen LogP contribution is -2.42. The fourth-order valence-electron chi connectivity index (χ4n) is 1.68. The van der Waals surface area contributed by atoms with Gasteiger partial charge in [-0.3, -0.25) is 0 Å². The lowest BCUT2D eigenvalue weighted by molar-refractivity contribution is 0.430. The molecule has 0 spiro atoms. The normalized spacial score (nSPS) is 18.8. The predicted molar refractivity (Wildman–Crippen MR) is 69.3 cm³/mol. The number of hydrogen-bond acceptors (Lipinski definition) is 3. The molecule has 3 nitrogen and oxygen atoms in total. The number of rotatable bonds is 1. The fourth-order valence-corrected chi connectivity index (χ4v) is 1.68. The van der Waals surface area contributed by atoms with Crippen LogP contribution in [0.15, 0.2) is 24.3 Å². The average molecular weight is 260 g/mol. The first-order chi connectivity index (χ1) is 6.90. The minimum atomic E-state index is 0. The van der Waals surface area contributed by atoms with Crippen LogP contribution >= 0.6 is 24.8 Å². The van der Waals surface area contributed by atoms with Crippen LogP contribution in [0.5, 0.6) is 0 Å². The van der Waals surface area contributed by atoms with Gasteiger partial charge in [0, 0.05) is 25.7 Å². The number of halogens is 2. The second kappa shape index (κ2) is 7.48. The van der Waals surface area contributed by atoms with E-state index in [4.69, 9.17) is 5.26 Å². The molecule has 0 aliphatic carbocycles. The monoisotopic (exact) mass is 259 g/mol. The maximum absolute atomic E-state index is 8.66. The molecule has 0 amide bonds. The molecular weight excluding hydrogens is 245 g/mol. The Balaban J connectivity index is 0.00000112. The molecule has 0 aromatic heterocycles. The van der Waals surface area contributed by atoms with E-state index in [1.165, 1.54) is 5.56 Å². The van der Waals surface area contributed by atoms with Crippen molar-refractivity contribution in [3.05, 3.63) is 35.4 Å². The van der Waals surface area contributed by atoms with Gasteiger partial charge in [-0.1, -0.05) is 12.1 Å². The van der Waals surface area contributed by atoms with Crippen LogP contribution in [0.3, 0.4) is 0 Å². The molecule has 88 valence electrons. The van der Waals surface area contributed by atoms with Crippen molar-refractivity contribution >= 4 is 24.8 Å². The molecule has 1 aromatic carbocycles. The molecule has 5 heteroatoms. The summed E-state index contributed by atoms with van der Waals surface area (Å²) in [5, 5.41) is 15.4. The average Bonchev–Trinajstić information content (AvgIpc) is 2.30. The van der Waals surface area contributed by atoms with E-state index in [0.717, 1.165) is 25.2 Å². The summed E-state index contributed by atoms with van der Waals surface area (Å²) in [7, 11) is 0. The van der Waals surface area contributed by atoms with E-state index in [9.17, 15) is 0 Å². The number of nitrogens with zero attached hydrogens (tertiary/aromatic N) is 1. The van der Waals surface area contributed by atoms with Crippen LogP contribution in [0.2, 0.25) is 0 Å². The summed E-state index contributed by atoms with van der Waals surface area (Å²) in [6.07, 6.45) is 0. The standard InChI is InChI=1S/C11H13N3.2ClH/c12-7-9-1-3-10(4-2-9)11-8-13-5-6-14-11;;/h1-4,11,13-14H,5-6,8H2;2*1H. The number of benzene rings is 1. The third-order valence-corrected chi connectivity index (χ3v) is 2.48. The minimum absolute atomic E-state index is 0. The Morgan fingerprint density at radius 2 is 1.81 bits per heavy atom. The maximum atomic E-state index is 8.66. The molecular formula is C11H15Cl2N3. The largest absolute Gasteiger partial charge is 0.314 e. The summed E-state index contributed by atoms with van der Waals surface area (Å²) in [4.78, 5) is 0. The number of hydrogen-bond donors (Lipinski definition) is 2. The second-order valence-corrected chi connectivity index (χ2v) is 3.44. The van der Waals surface area contributed by atoms with Gasteiger partial charge >= 0.3 is 0 Å². The topological polar surface area (TPSA) is 47.9 Å². The van der Waals surface area contributed by atoms with Crippen molar-refractivity contribution in [2.75, 3.05) is 19.6 Å². The summed E-state index contributed by atoms with van der Waals surface area (Å²) in [6, 6.07) is 10.3. The van der Waals surface area contributed by atoms with Crippen molar-refractivity contribution in [1.29, 1.82) is 5.26 Å². The van der Waals surface area contributed by atoms with Crippen LogP contribution < -0.4 is 10.6 Å². The molecule has 1 aliphatic rings. The molecule has 2 N–H and O–H groups in total. The van der Waals surface area contributed by atoms with Gasteiger partial charge in [-0.25, -0.2) is 0 Å². The van der Waals surface area contributed by atoms with Gasteiger partial charge in [0.2, 0.25) is 0 Å². The van der Waals surface area contributed by atoms with E-state index in [1.807, 2.05) is 24.3 Å². The number of nitriles is 1. The Morgan fingerprint density at radius 1 is 1.12 bits per heavy atom. The first-order valence-electron chi connectivity index (χ1n) is 4.84. The first-order valence-corrected chi connectivity index (χ1v) is 4.84. The van der Waals surface area contributed by atoms with Crippen LogP contribution in [0.25, 0.3) is 0 Å². The third kappa shape index (κ3) is 3.66. The van der Waals surface area contributed by atoms with Crippen LogP contribution in [0, 0.1) is 11.3 Å². The highest BCUT2D eigenvalue weighted by Crippen LogP contribution is 2.14. The molecule has 1 saturated heterocycles. The Bertz CT molecular complexity index is 339. The number of piperazine rings is 1. The van der Waals surface area contributed by atoms with Gasteiger partial charge in [0.15, 0.2) is 0 Å². The van der Waals surface area contributed by atoms with Gasteiger partial charge in [0.1, 0.15) is 0 Å². The molecule has 1 aromatic rings. The molecule has 2 rings (SSSR count). The molecule has 1 unspecified atom stereocenters. The Morgan fingerprint density at radius 3 is 2.31 bits per heavy atom. The maximum Gasteiger partial charge on any atom is 0.0991 e. The predicted octanol–water partition coefficient (Wildman–Crippen LogP) is 1.64. The van der Waals surface area contributed by atoms with Gasteiger partial charge in [0.25, 0.3) is 0 Å². The minimum Gasteiger partial charge on any atom is -0.314 e. The van der Waals surface area contributed by atoms with Crippen molar-refractivity contribution in [1.82, 2.24) is 10.6 Å². The lowest BCUT2D eigenvalue weighted by Gasteiger charge is -2.24. The van der Waals surface area contributed by atoms with Gasteiger partial charge in [-0.2, -0.15) is 5.26 Å². The van der Waals surface area contributed by atoms with Crippen LogP contribution in [0.1, 0.15) is 17.2 Å². The zero-order chi connectivity index (χ0) is 9.80. The zero-order valence-corrected chi connectivity index (χ0v) is 10.4. The van der Waals surface area contributed by atoms with Crippen molar-refractivity contribution in [3.63, 3.8) is 0 Å². The van der Waals surface area contributed by atoms with Crippen molar-refractivity contribution in [2.45, 2.75) is 6.04 Å². The van der Waals surface area contributed by atoms with Gasteiger partial charge in [-0.05, 0) is 17.7 Å². The lowest BCUT2D eigenvalue weighted by atomic mass is 10.0. The Labute approximate surface area is 108 Å². The molecule has 1 aliphatic heterocycles. The molecule has 0 radical (unpaired) electrons. The highest BCUT2D eigenvalue weighted by atomic mass is 35.5. The van der Waals surface area contributed by atoms with E-state index in [2.05, 4.69) is 16.7 Å². The SMILES string of the molecule is Cl.Cl.N#Cc1ccc(C2CNCCN2)cc1. The molecule has 1 heterocycles. The van der Waals surface area contributed by atoms with Gasteiger partial charge in [0.05, 0.1) is 11.6 Å². The van der Waals surface area contributed by atoms with Crippen molar-refractivity contribution in [3.8, 4) is 6.07 Å². The second-order valence-electron chi connectivity index (χ2n) is 3.44. The number of nitrogens with one attached hydrogen (secondary N) is 2. The Kier molecular flexibility index (Phi) is 7.11. The zero-order valence-electron chi connectivity index (χ0n) is 8.77. The van der Waals surface area contributed by atoms with Crippen LogP contribution in [0.4, 0.5) is 0 Å². The molecule has 1 fully saturated rings. The fraction of sp³-hybridized carbons (Fsp3) is 0.364. The summed E-state index contributed by atoms with van der Waals surface area (Å²) in [5.74, 6) is 0. The third-order valence-electron chi connectivity index (χ3n) is 2.48. The van der Waals surface area contributed by atoms with E-state index in [0.29, 0.717) is 6.04 Å². The van der Waals surface area contributed by atoms with E-state index >= 15 is 0 Å². The van der Waals surface area contributed by atoms with Crippen LogP contribution in [-0.4, -0.2) is 19.6 Å². The molecule has 0 bridgehead atoms. The summed E-state index contributed by atoms with van der Waals surface area (Å²) in [6.45, 7) is 3.00. The smallest absolute Gasteiger partial charge is 0.0991 e. The molecule has 16 heavy (non-hydrogen) atoms.